The second kappa shape index (κ2) is 4.44. The van der Waals surface area contributed by atoms with Gasteiger partial charge in [-0.15, -0.1) is 0 Å². The molecule has 0 fully saturated rings. The summed E-state index contributed by atoms with van der Waals surface area (Å²) in [6.45, 7) is 8.45. The SMILES string of the molecule is CCNC(=O)C(C)(C)c1ccc2c(C)cnn2c1. The number of fused-ring (bicyclic) bond motifs is 1. The van der Waals surface area contributed by atoms with Crippen molar-refractivity contribution in [3.63, 3.8) is 0 Å². The number of hydrogen-bond acceptors (Lipinski definition) is 2. The summed E-state index contributed by atoms with van der Waals surface area (Å²) in [7, 11) is 0. The molecule has 0 bridgehead atoms. The number of likely N-dealkylation sites (N-methyl/N-ethyl adjacent to an activating group) is 1. The number of rotatable bonds is 3. The third kappa shape index (κ3) is 1.98. The number of aryl methyl sites for hydroxylation is 1. The number of carbonyl (C=O) groups is 1. The van der Waals surface area contributed by atoms with Gasteiger partial charge in [0.25, 0.3) is 0 Å². The van der Waals surface area contributed by atoms with E-state index in [-0.39, 0.29) is 5.91 Å². The highest BCUT2D eigenvalue weighted by Gasteiger charge is 2.29. The average Bonchev–Trinajstić information content (AvgIpc) is 2.71. The predicted octanol–water partition coefficient (Wildman–Crippen LogP) is 2.06. The van der Waals surface area contributed by atoms with Crippen LogP contribution in [0.1, 0.15) is 31.9 Å². The van der Waals surface area contributed by atoms with Crippen molar-refractivity contribution >= 4 is 11.4 Å². The van der Waals surface area contributed by atoms with Gasteiger partial charge in [0, 0.05) is 12.7 Å². The normalized spacial score (nSPS) is 11.8. The number of aromatic nitrogens is 2. The van der Waals surface area contributed by atoms with Gasteiger partial charge in [0.2, 0.25) is 5.91 Å². The molecule has 0 saturated heterocycles. The average molecular weight is 245 g/mol. The molecule has 18 heavy (non-hydrogen) atoms. The maximum Gasteiger partial charge on any atom is 0.230 e. The van der Waals surface area contributed by atoms with Crippen molar-refractivity contribution < 1.29 is 4.79 Å². The molecule has 2 rings (SSSR count). The Bertz CT molecular complexity index is 584. The summed E-state index contributed by atoms with van der Waals surface area (Å²) in [5.74, 6) is 0.0354. The smallest absolute Gasteiger partial charge is 0.230 e. The van der Waals surface area contributed by atoms with Crippen LogP contribution in [0, 0.1) is 6.92 Å². The monoisotopic (exact) mass is 245 g/mol. The maximum absolute atomic E-state index is 12.1. The van der Waals surface area contributed by atoms with Crippen molar-refractivity contribution in [1.82, 2.24) is 14.9 Å². The number of amides is 1. The van der Waals surface area contributed by atoms with Crippen LogP contribution in [0.4, 0.5) is 0 Å². The van der Waals surface area contributed by atoms with Crippen LogP contribution in [0.3, 0.4) is 0 Å². The summed E-state index contributed by atoms with van der Waals surface area (Å²) >= 11 is 0. The van der Waals surface area contributed by atoms with Crippen LogP contribution in [0.5, 0.6) is 0 Å². The number of hydrogen-bond donors (Lipinski definition) is 1. The molecule has 2 aromatic rings. The molecule has 2 heterocycles. The molecule has 0 aliphatic heterocycles. The molecule has 2 aromatic heterocycles. The Balaban J connectivity index is 2.44. The van der Waals surface area contributed by atoms with Gasteiger partial charge in [-0.25, -0.2) is 4.52 Å². The van der Waals surface area contributed by atoms with E-state index in [2.05, 4.69) is 10.4 Å². The zero-order valence-electron chi connectivity index (χ0n) is 11.3. The van der Waals surface area contributed by atoms with E-state index in [0.717, 1.165) is 16.6 Å². The van der Waals surface area contributed by atoms with E-state index < -0.39 is 5.41 Å². The number of nitrogens with one attached hydrogen (secondary N) is 1. The fourth-order valence-corrected chi connectivity index (χ4v) is 1.99. The molecule has 0 unspecified atom stereocenters. The van der Waals surface area contributed by atoms with Gasteiger partial charge in [0.05, 0.1) is 17.1 Å². The van der Waals surface area contributed by atoms with E-state index in [1.54, 1.807) is 0 Å². The summed E-state index contributed by atoms with van der Waals surface area (Å²) < 4.78 is 1.83. The minimum Gasteiger partial charge on any atom is -0.356 e. The van der Waals surface area contributed by atoms with Gasteiger partial charge in [0.1, 0.15) is 0 Å². The van der Waals surface area contributed by atoms with Gasteiger partial charge in [0.15, 0.2) is 0 Å². The molecule has 1 amide bonds. The van der Waals surface area contributed by atoms with Gasteiger partial charge in [-0.1, -0.05) is 6.07 Å². The van der Waals surface area contributed by atoms with E-state index >= 15 is 0 Å². The van der Waals surface area contributed by atoms with Crippen LogP contribution in [0.15, 0.2) is 24.5 Å². The Labute approximate surface area is 107 Å². The van der Waals surface area contributed by atoms with E-state index in [4.69, 9.17) is 0 Å². The Morgan fingerprint density at radius 1 is 1.44 bits per heavy atom. The van der Waals surface area contributed by atoms with Crippen LogP contribution in [-0.2, 0) is 10.2 Å². The topological polar surface area (TPSA) is 46.4 Å². The van der Waals surface area contributed by atoms with Gasteiger partial charge >= 0.3 is 0 Å². The zero-order valence-corrected chi connectivity index (χ0v) is 11.3. The van der Waals surface area contributed by atoms with Crippen molar-refractivity contribution in [3.05, 3.63) is 35.7 Å². The molecular weight excluding hydrogens is 226 g/mol. The lowest BCUT2D eigenvalue weighted by Gasteiger charge is -2.23. The van der Waals surface area contributed by atoms with Crippen LogP contribution >= 0.6 is 0 Å². The third-order valence-corrected chi connectivity index (χ3v) is 3.34. The summed E-state index contributed by atoms with van der Waals surface area (Å²) in [5.41, 5.74) is 2.62. The van der Waals surface area contributed by atoms with Crippen molar-refractivity contribution in [2.45, 2.75) is 33.1 Å². The van der Waals surface area contributed by atoms with Gasteiger partial charge in [-0.2, -0.15) is 5.10 Å². The molecule has 0 aliphatic carbocycles. The Hall–Kier alpha value is -1.84. The fourth-order valence-electron chi connectivity index (χ4n) is 1.99. The fraction of sp³-hybridized carbons (Fsp3) is 0.429. The largest absolute Gasteiger partial charge is 0.356 e. The quantitative estimate of drug-likeness (QED) is 0.899. The molecular formula is C14H19N3O. The predicted molar refractivity (Wildman–Crippen MR) is 71.6 cm³/mol. The summed E-state index contributed by atoms with van der Waals surface area (Å²) in [4.78, 5) is 12.1. The van der Waals surface area contributed by atoms with Crippen molar-refractivity contribution in [2.24, 2.45) is 0 Å². The molecule has 0 aliphatic rings. The minimum absolute atomic E-state index is 0.0354. The molecule has 0 spiro atoms. The molecule has 0 saturated carbocycles. The number of carbonyl (C=O) groups excluding carboxylic acids is 1. The molecule has 4 nitrogen and oxygen atoms in total. The molecule has 0 atom stereocenters. The molecule has 1 N–H and O–H groups in total. The van der Waals surface area contributed by atoms with E-state index in [0.29, 0.717) is 6.54 Å². The van der Waals surface area contributed by atoms with Crippen LogP contribution in [0.2, 0.25) is 0 Å². The molecule has 4 heteroatoms. The Kier molecular flexibility index (Phi) is 3.11. The molecule has 0 aromatic carbocycles. The lowest BCUT2D eigenvalue weighted by molar-refractivity contribution is -0.125. The van der Waals surface area contributed by atoms with Gasteiger partial charge < -0.3 is 5.32 Å². The molecule has 96 valence electrons. The second-order valence-electron chi connectivity index (χ2n) is 5.06. The first kappa shape index (κ1) is 12.6. The van der Waals surface area contributed by atoms with Crippen LogP contribution in [0.25, 0.3) is 5.52 Å². The highest BCUT2D eigenvalue weighted by atomic mass is 16.2. The lowest BCUT2D eigenvalue weighted by Crippen LogP contribution is -2.40. The van der Waals surface area contributed by atoms with Gasteiger partial charge in [-0.3, -0.25) is 4.79 Å². The van der Waals surface area contributed by atoms with Crippen molar-refractivity contribution in [3.8, 4) is 0 Å². The first-order chi connectivity index (χ1) is 8.46. The van der Waals surface area contributed by atoms with E-state index in [1.165, 1.54) is 0 Å². The number of nitrogens with zero attached hydrogens (tertiary/aromatic N) is 2. The van der Waals surface area contributed by atoms with Crippen molar-refractivity contribution in [2.75, 3.05) is 6.54 Å². The maximum atomic E-state index is 12.1. The summed E-state index contributed by atoms with van der Waals surface area (Å²) in [5, 5.41) is 7.15. The highest BCUT2D eigenvalue weighted by molar-refractivity contribution is 5.87. The number of pyridine rings is 1. The van der Waals surface area contributed by atoms with E-state index in [9.17, 15) is 4.79 Å². The lowest BCUT2D eigenvalue weighted by atomic mass is 9.84. The summed E-state index contributed by atoms with van der Waals surface area (Å²) in [6, 6.07) is 4.01. The Morgan fingerprint density at radius 2 is 2.17 bits per heavy atom. The zero-order chi connectivity index (χ0) is 13.3. The van der Waals surface area contributed by atoms with Crippen LogP contribution in [-0.4, -0.2) is 22.1 Å². The van der Waals surface area contributed by atoms with Gasteiger partial charge in [-0.05, 0) is 44.9 Å². The third-order valence-electron chi connectivity index (χ3n) is 3.34. The van der Waals surface area contributed by atoms with Crippen LogP contribution < -0.4 is 5.32 Å². The summed E-state index contributed by atoms with van der Waals surface area (Å²) in [6.07, 6.45) is 3.76. The molecule has 0 radical (unpaired) electrons. The first-order valence-electron chi connectivity index (χ1n) is 6.19. The minimum atomic E-state index is -0.552. The van der Waals surface area contributed by atoms with E-state index in [1.807, 2.05) is 56.7 Å². The van der Waals surface area contributed by atoms with Crippen molar-refractivity contribution in [1.29, 1.82) is 0 Å². The standard InChI is InChI=1S/C14H19N3O/c1-5-15-13(18)14(3,4)11-6-7-12-10(2)8-16-17(12)9-11/h6-9H,5H2,1-4H3,(H,15,18). The Morgan fingerprint density at radius 3 is 2.83 bits per heavy atom. The highest BCUT2D eigenvalue weighted by Crippen LogP contribution is 2.24. The second-order valence-corrected chi connectivity index (χ2v) is 5.06. The first-order valence-corrected chi connectivity index (χ1v) is 6.19.